The fourth-order valence-corrected chi connectivity index (χ4v) is 2.66. The molecule has 114 valence electrons. The molecule has 1 aliphatic heterocycles. The summed E-state index contributed by atoms with van der Waals surface area (Å²) in [6, 6.07) is 2.93. The smallest absolute Gasteiger partial charge is 0.408 e. The Balaban J connectivity index is 2.26. The lowest BCUT2D eigenvalue weighted by atomic mass is 10.1. The van der Waals surface area contributed by atoms with Gasteiger partial charge in [0, 0.05) is 17.9 Å². The van der Waals surface area contributed by atoms with E-state index in [-0.39, 0.29) is 18.7 Å². The van der Waals surface area contributed by atoms with Gasteiger partial charge >= 0.3 is 6.09 Å². The number of carboxylic acid groups (broad SMARTS) is 1. The van der Waals surface area contributed by atoms with E-state index in [1.807, 2.05) is 0 Å². The molecule has 2 rings (SSSR count). The Kier molecular flexibility index (Phi) is 4.46. The molecule has 1 aliphatic rings. The van der Waals surface area contributed by atoms with E-state index in [1.54, 1.807) is 0 Å². The minimum absolute atomic E-state index is 0.00187. The van der Waals surface area contributed by atoms with Crippen molar-refractivity contribution >= 4 is 33.6 Å². The third kappa shape index (κ3) is 3.15. The number of nitrogens with zero attached hydrogens (tertiary/aromatic N) is 2. The van der Waals surface area contributed by atoms with Crippen LogP contribution in [0.25, 0.3) is 0 Å². The summed E-state index contributed by atoms with van der Waals surface area (Å²) in [6.45, 7) is -0.347. The number of carbonyl (C=O) groups is 2. The molecular formula is C13H13BrF2N2O3. The van der Waals surface area contributed by atoms with Crippen molar-refractivity contribution in [2.75, 3.05) is 18.5 Å². The minimum Gasteiger partial charge on any atom is -0.465 e. The predicted molar refractivity (Wildman–Crippen MR) is 75.5 cm³/mol. The van der Waals surface area contributed by atoms with Crippen molar-refractivity contribution in [1.29, 1.82) is 0 Å². The summed E-state index contributed by atoms with van der Waals surface area (Å²) in [6.07, 6.45) is -2.97. The molecule has 1 heterocycles. The van der Waals surface area contributed by atoms with Crippen molar-refractivity contribution in [3.05, 3.63) is 28.5 Å². The highest BCUT2D eigenvalue weighted by atomic mass is 79.9. The average molecular weight is 363 g/mol. The van der Waals surface area contributed by atoms with Crippen LogP contribution in [0.4, 0.5) is 19.3 Å². The number of rotatable bonds is 2. The van der Waals surface area contributed by atoms with E-state index >= 15 is 0 Å². The molecule has 2 atom stereocenters. The second-order valence-electron chi connectivity index (χ2n) is 4.78. The number of hydrogen-bond acceptors (Lipinski definition) is 2. The van der Waals surface area contributed by atoms with Crippen LogP contribution in [-0.2, 0) is 4.79 Å². The van der Waals surface area contributed by atoms with Gasteiger partial charge in [-0.3, -0.25) is 9.69 Å². The number of halogens is 3. The molecule has 1 saturated heterocycles. The topological polar surface area (TPSA) is 60.9 Å². The number of carbonyl (C=O) groups excluding carboxylic acids is 1. The zero-order valence-electron chi connectivity index (χ0n) is 11.1. The van der Waals surface area contributed by atoms with E-state index in [0.29, 0.717) is 4.47 Å². The summed E-state index contributed by atoms with van der Waals surface area (Å²) in [7, 11) is 1.33. The van der Waals surface area contributed by atoms with Crippen LogP contribution in [0.2, 0.25) is 0 Å². The second kappa shape index (κ2) is 5.97. The normalized spacial score (nSPS) is 21.4. The molecule has 2 amide bonds. The molecule has 0 radical (unpaired) electrons. The fraction of sp³-hybridized carbons (Fsp3) is 0.385. The number of alkyl halides is 1. The standard InChI is InChI=1S/C13H13BrF2N2O3/c1-17(10-4-7(14)2-3-9(10)16)12(19)11-5-8(15)6-18(11)13(20)21/h2-4,8,11H,5-6H2,1H3,(H,20,21)/t8-,11+/m1/s1. The lowest BCUT2D eigenvalue weighted by Gasteiger charge is -2.26. The highest BCUT2D eigenvalue weighted by molar-refractivity contribution is 9.10. The van der Waals surface area contributed by atoms with Crippen molar-refractivity contribution in [3.8, 4) is 0 Å². The van der Waals surface area contributed by atoms with Crippen molar-refractivity contribution in [3.63, 3.8) is 0 Å². The molecule has 0 bridgehead atoms. The van der Waals surface area contributed by atoms with Gasteiger partial charge in [0.15, 0.2) is 0 Å². The van der Waals surface area contributed by atoms with Gasteiger partial charge in [0.05, 0.1) is 12.2 Å². The monoisotopic (exact) mass is 362 g/mol. The Morgan fingerprint density at radius 1 is 1.48 bits per heavy atom. The van der Waals surface area contributed by atoms with Gasteiger partial charge in [-0.25, -0.2) is 13.6 Å². The van der Waals surface area contributed by atoms with Gasteiger partial charge in [0.25, 0.3) is 0 Å². The third-order valence-corrected chi connectivity index (χ3v) is 3.87. The molecule has 1 aromatic rings. The maximum absolute atomic E-state index is 13.8. The molecule has 8 heteroatoms. The molecule has 0 saturated carbocycles. The molecule has 21 heavy (non-hydrogen) atoms. The Hall–Kier alpha value is -1.70. The van der Waals surface area contributed by atoms with Gasteiger partial charge in [0.2, 0.25) is 5.91 Å². The molecule has 0 aromatic heterocycles. The van der Waals surface area contributed by atoms with Gasteiger partial charge in [-0.05, 0) is 18.2 Å². The number of anilines is 1. The number of hydrogen-bond donors (Lipinski definition) is 1. The van der Waals surface area contributed by atoms with E-state index in [2.05, 4.69) is 15.9 Å². The summed E-state index contributed by atoms with van der Waals surface area (Å²) in [5, 5.41) is 9.01. The van der Waals surface area contributed by atoms with Crippen molar-refractivity contribution in [2.45, 2.75) is 18.6 Å². The fourth-order valence-electron chi connectivity index (χ4n) is 2.32. The van der Waals surface area contributed by atoms with Crippen molar-refractivity contribution in [2.24, 2.45) is 0 Å². The van der Waals surface area contributed by atoms with Crippen LogP contribution in [0.15, 0.2) is 22.7 Å². The van der Waals surface area contributed by atoms with Crippen molar-refractivity contribution < 1.29 is 23.5 Å². The first kappa shape index (κ1) is 15.7. The summed E-state index contributed by atoms with van der Waals surface area (Å²) in [5.74, 6) is -1.28. The molecule has 0 spiro atoms. The summed E-state index contributed by atoms with van der Waals surface area (Å²) in [5.41, 5.74) is 0.00187. The lowest BCUT2D eigenvalue weighted by molar-refractivity contribution is -0.122. The average Bonchev–Trinajstić information content (AvgIpc) is 2.82. The van der Waals surface area contributed by atoms with Crippen LogP contribution >= 0.6 is 15.9 Å². The highest BCUT2D eigenvalue weighted by Crippen LogP contribution is 2.27. The molecule has 1 N–H and O–H groups in total. The first-order valence-corrected chi connectivity index (χ1v) is 6.96. The third-order valence-electron chi connectivity index (χ3n) is 3.38. The van der Waals surface area contributed by atoms with E-state index in [9.17, 15) is 18.4 Å². The molecule has 5 nitrogen and oxygen atoms in total. The predicted octanol–water partition coefficient (Wildman–Crippen LogP) is 2.64. The molecule has 0 aliphatic carbocycles. The molecule has 1 fully saturated rings. The van der Waals surface area contributed by atoms with Crippen LogP contribution in [0.3, 0.4) is 0 Å². The van der Waals surface area contributed by atoms with E-state index in [1.165, 1.54) is 25.2 Å². The Bertz CT molecular complexity index is 585. The summed E-state index contributed by atoms with van der Waals surface area (Å²) >= 11 is 3.17. The Labute approximate surface area is 128 Å². The largest absolute Gasteiger partial charge is 0.465 e. The van der Waals surface area contributed by atoms with Gasteiger partial charge in [0.1, 0.15) is 18.0 Å². The van der Waals surface area contributed by atoms with Crippen LogP contribution < -0.4 is 4.90 Å². The van der Waals surface area contributed by atoms with Crippen LogP contribution in [0, 0.1) is 5.82 Å². The number of likely N-dealkylation sites (N-methyl/N-ethyl adjacent to an activating group) is 1. The Morgan fingerprint density at radius 3 is 2.76 bits per heavy atom. The van der Waals surface area contributed by atoms with Crippen LogP contribution in [0.1, 0.15) is 6.42 Å². The maximum Gasteiger partial charge on any atom is 0.408 e. The summed E-state index contributed by atoms with van der Waals surface area (Å²) in [4.78, 5) is 25.2. The number of amides is 2. The van der Waals surface area contributed by atoms with Gasteiger partial charge in [-0.1, -0.05) is 15.9 Å². The van der Waals surface area contributed by atoms with E-state index in [0.717, 1.165) is 9.80 Å². The summed E-state index contributed by atoms with van der Waals surface area (Å²) < 4.78 is 27.8. The molecule has 1 aromatic carbocycles. The molecular weight excluding hydrogens is 350 g/mol. The van der Waals surface area contributed by atoms with Crippen molar-refractivity contribution in [1.82, 2.24) is 4.90 Å². The van der Waals surface area contributed by atoms with E-state index in [4.69, 9.17) is 5.11 Å². The van der Waals surface area contributed by atoms with Gasteiger partial charge in [-0.2, -0.15) is 0 Å². The van der Waals surface area contributed by atoms with Crippen LogP contribution in [-0.4, -0.2) is 47.8 Å². The Morgan fingerprint density at radius 2 is 2.14 bits per heavy atom. The SMILES string of the molecule is CN(C(=O)[C@@H]1C[C@@H](F)CN1C(=O)O)c1cc(Br)ccc1F. The second-order valence-corrected chi connectivity index (χ2v) is 5.69. The number of likely N-dealkylation sites (tertiary alicyclic amines) is 1. The number of benzene rings is 1. The van der Waals surface area contributed by atoms with Crippen LogP contribution in [0.5, 0.6) is 0 Å². The maximum atomic E-state index is 13.8. The highest BCUT2D eigenvalue weighted by Gasteiger charge is 2.41. The van der Waals surface area contributed by atoms with Gasteiger partial charge < -0.3 is 10.0 Å². The quantitative estimate of drug-likeness (QED) is 0.879. The zero-order valence-corrected chi connectivity index (χ0v) is 12.7. The first-order valence-electron chi connectivity index (χ1n) is 6.17. The first-order chi connectivity index (χ1) is 9.81. The molecule has 0 unspecified atom stereocenters. The minimum atomic E-state index is -1.39. The zero-order chi connectivity index (χ0) is 15.7. The van der Waals surface area contributed by atoms with Gasteiger partial charge in [-0.15, -0.1) is 0 Å². The van der Waals surface area contributed by atoms with E-state index < -0.39 is 30.0 Å². The lowest BCUT2D eigenvalue weighted by Crippen LogP contribution is -2.46.